The number of amides is 2. The summed E-state index contributed by atoms with van der Waals surface area (Å²) in [5, 5.41) is 3.34. The summed E-state index contributed by atoms with van der Waals surface area (Å²) >= 11 is 1.44. The Morgan fingerprint density at radius 2 is 2.07 bits per heavy atom. The first-order valence-corrected chi connectivity index (χ1v) is 11.1. The van der Waals surface area contributed by atoms with Crippen LogP contribution in [0, 0.1) is 0 Å². The number of carbonyl (C=O) groups is 2. The van der Waals surface area contributed by atoms with E-state index in [4.69, 9.17) is 15.2 Å². The molecule has 3 N–H and O–H groups in total. The Balaban J connectivity index is 1.66. The maximum Gasteiger partial charge on any atom is 0.251 e. The third kappa shape index (κ3) is 5.21. The van der Waals surface area contributed by atoms with Crippen LogP contribution in [0.3, 0.4) is 0 Å². The molecule has 2 amide bonds. The van der Waals surface area contributed by atoms with Crippen molar-refractivity contribution in [2.45, 2.75) is 45.4 Å². The van der Waals surface area contributed by atoms with Crippen LogP contribution >= 0.6 is 11.3 Å². The largest absolute Gasteiger partial charge is 0.493 e. The van der Waals surface area contributed by atoms with Gasteiger partial charge in [-0.15, -0.1) is 11.3 Å². The van der Waals surface area contributed by atoms with E-state index in [1.54, 1.807) is 13.2 Å². The van der Waals surface area contributed by atoms with Gasteiger partial charge >= 0.3 is 0 Å². The Morgan fingerprint density at radius 1 is 1.23 bits per heavy atom. The molecule has 0 saturated heterocycles. The van der Waals surface area contributed by atoms with E-state index in [9.17, 15) is 9.59 Å². The molecule has 0 saturated carbocycles. The average Bonchev–Trinajstić information content (AvgIpc) is 3.30. The monoisotopic (exact) mass is 428 g/mol. The van der Waals surface area contributed by atoms with Crippen LogP contribution in [0.2, 0.25) is 0 Å². The fourth-order valence-corrected chi connectivity index (χ4v) is 4.82. The van der Waals surface area contributed by atoms with Crippen molar-refractivity contribution >= 4 is 34.2 Å². The molecule has 160 valence electrons. The van der Waals surface area contributed by atoms with Gasteiger partial charge in [0.05, 0.1) is 19.3 Å². The molecule has 1 aliphatic rings. The Kier molecular flexibility index (Phi) is 7.52. The van der Waals surface area contributed by atoms with Gasteiger partial charge in [-0.2, -0.15) is 0 Å². The predicted octanol–water partition coefficient (Wildman–Crippen LogP) is 4.57. The molecule has 1 aromatic heterocycles. The maximum atomic E-state index is 12.4. The average molecular weight is 429 g/mol. The lowest BCUT2D eigenvalue weighted by Crippen LogP contribution is -2.16. The van der Waals surface area contributed by atoms with E-state index < -0.39 is 5.91 Å². The minimum absolute atomic E-state index is 0.309. The van der Waals surface area contributed by atoms with Crippen LogP contribution in [0.15, 0.2) is 24.3 Å². The number of fused-ring (bicyclic) bond motifs is 1. The maximum absolute atomic E-state index is 12.4. The van der Waals surface area contributed by atoms with Crippen molar-refractivity contribution in [3.63, 3.8) is 0 Å². The van der Waals surface area contributed by atoms with Gasteiger partial charge in [0.2, 0.25) is 5.91 Å². The van der Waals surface area contributed by atoms with Crippen molar-refractivity contribution in [3.05, 3.63) is 45.8 Å². The lowest BCUT2D eigenvalue weighted by atomic mass is 10.1. The number of anilines is 1. The van der Waals surface area contributed by atoms with Gasteiger partial charge in [0.15, 0.2) is 11.5 Å². The molecule has 0 aliphatic heterocycles. The standard InChI is InChI=1S/C23H28N2O4S/c1-3-4-5-13-29-17-11-9-15(14-18(17)28-2)10-12-20(26)25-23-21(22(24)27)16-7-6-8-19(16)30-23/h9-12,14H,3-8,13H2,1-2H3,(H2,24,27)(H,25,26)/b12-10+. The highest BCUT2D eigenvalue weighted by atomic mass is 32.1. The summed E-state index contributed by atoms with van der Waals surface area (Å²) < 4.78 is 11.2. The van der Waals surface area contributed by atoms with Crippen molar-refractivity contribution in [1.29, 1.82) is 0 Å². The molecule has 30 heavy (non-hydrogen) atoms. The molecule has 1 aliphatic carbocycles. The van der Waals surface area contributed by atoms with E-state index in [2.05, 4.69) is 12.2 Å². The first-order valence-electron chi connectivity index (χ1n) is 10.3. The van der Waals surface area contributed by atoms with Gasteiger partial charge in [0.1, 0.15) is 5.00 Å². The molecule has 0 spiro atoms. The molecule has 3 rings (SSSR count). The number of nitrogens with two attached hydrogens (primary N) is 1. The summed E-state index contributed by atoms with van der Waals surface area (Å²) in [6.45, 7) is 2.80. The Hall–Kier alpha value is -2.80. The van der Waals surface area contributed by atoms with Crippen molar-refractivity contribution in [1.82, 2.24) is 0 Å². The molecule has 0 unspecified atom stereocenters. The number of thiophene rings is 1. The van der Waals surface area contributed by atoms with Gasteiger partial charge in [0, 0.05) is 11.0 Å². The number of unbranched alkanes of at least 4 members (excludes halogenated alkanes) is 2. The molecular formula is C23H28N2O4S. The summed E-state index contributed by atoms with van der Waals surface area (Å²) in [6, 6.07) is 5.54. The van der Waals surface area contributed by atoms with Crippen LogP contribution in [-0.2, 0) is 17.6 Å². The number of methoxy groups -OCH3 is 1. The molecule has 0 fully saturated rings. The van der Waals surface area contributed by atoms with Crippen LogP contribution in [0.25, 0.3) is 6.08 Å². The van der Waals surface area contributed by atoms with E-state index in [1.807, 2.05) is 18.2 Å². The van der Waals surface area contributed by atoms with Gasteiger partial charge in [-0.05, 0) is 55.0 Å². The highest BCUT2D eigenvalue weighted by molar-refractivity contribution is 7.17. The molecule has 7 heteroatoms. The Bertz CT molecular complexity index is 949. The third-order valence-corrected chi connectivity index (χ3v) is 6.23. The van der Waals surface area contributed by atoms with Crippen molar-refractivity contribution in [3.8, 4) is 11.5 Å². The second kappa shape index (κ2) is 10.3. The molecule has 6 nitrogen and oxygen atoms in total. The highest BCUT2D eigenvalue weighted by Gasteiger charge is 2.25. The number of hydrogen-bond donors (Lipinski definition) is 2. The predicted molar refractivity (Wildman–Crippen MR) is 121 cm³/mol. The minimum Gasteiger partial charge on any atom is -0.493 e. The van der Waals surface area contributed by atoms with Gasteiger partial charge in [-0.1, -0.05) is 25.8 Å². The fraction of sp³-hybridized carbons (Fsp3) is 0.391. The van der Waals surface area contributed by atoms with Crippen LogP contribution in [0.4, 0.5) is 5.00 Å². The Morgan fingerprint density at radius 3 is 2.80 bits per heavy atom. The number of carbonyl (C=O) groups excluding carboxylic acids is 2. The van der Waals surface area contributed by atoms with E-state index in [-0.39, 0.29) is 5.91 Å². The van der Waals surface area contributed by atoms with Gasteiger partial charge < -0.3 is 20.5 Å². The van der Waals surface area contributed by atoms with Crippen molar-refractivity contribution < 1.29 is 19.1 Å². The lowest BCUT2D eigenvalue weighted by Gasteiger charge is -2.11. The van der Waals surface area contributed by atoms with Gasteiger partial charge in [0.25, 0.3) is 5.91 Å². The van der Waals surface area contributed by atoms with Crippen molar-refractivity contribution in [2.75, 3.05) is 19.0 Å². The number of hydrogen-bond acceptors (Lipinski definition) is 5. The van der Waals surface area contributed by atoms with E-state index in [0.29, 0.717) is 28.7 Å². The molecule has 2 aromatic rings. The molecular weight excluding hydrogens is 400 g/mol. The Labute approximate surface area is 181 Å². The molecule has 1 heterocycles. The summed E-state index contributed by atoms with van der Waals surface area (Å²) in [5.41, 5.74) is 7.81. The minimum atomic E-state index is -0.493. The van der Waals surface area contributed by atoms with Crippen LogP contribution < -0.4 is 20.5 Å². The number of ether oxygens (including phenoxy) is 2. The smallest absolute Gasteiger partial charge is 0.251 e. The third-order valence-electron chi connectivity index (χ3n) is 5.02. The summed E-state index contributed by atoms with van der Waals surface area (Å²) in [6.07, 6.45) is 9.19. The van der Waals surface area contributed by atoms with Crippen LogP contribution in [0.5, 0.6) is 11.5 Å². The second-order valence-corrected chi connectivity index (χ2v) is 8.32. The van der Waals surface area contributed by atoms with E-state index in [1.165, 1.54) is 17.4 Å². The second-order valence-electron chi connectivity index (χ2n) is 7.21. The zero-order valence-electron chi connectivity index (χ0n) is 17.5. The normalized spacial score (nSPS) is 12.7. The number of benzene rings is 1. The summed E-state index contributed by atoms with van der Waals surface area (Å²) in [5.74, 6) is 0.512. The summed E-state index contributed by atoms with van der Waals surface area (Å²) in [7, 11) is 1.59. The van der Waals surface area contributed by atoms with Gasteiger partial charge in [-0.25, -0.2) is 0 Å². The molecule has 0 bridgehead atoms. The molecule has 1 aromatic carbocycles. The number of aryl methyl sites for hydroxylation is 1. The van der Waals surface area contributed by atoms with Crippen LogP contribution in [-0.4, -0.2) is 25.5 Å². The summed E-state index contributed by atoms with van der Waals surface area (Å²) in [4.78, 5) is 25.4. The molecule has 0 radical (unpaired) electrons. The highest BCUT2D eigenvalue weighted by Crippen LogP contribution is 2.38. The first-order chi connectivity index (χ1) is 14.5. The van der Waals surface area contributed by atoms with E-state index in [0.717, 1.165) is 54.5 Å². The number of rotatable bonds is 10. The number of nitrogens with one attached hydrogen (secondary N) is 1. The zero-order chi connectivity index (χ0) is 21.5. The van der Waals surface area contributed by atoms with E-state index >= 15 is 0 Å². The quantitative estimate of drug-likeness (QED) is 0.429. The SMILES string of the molecule is CCCCCOc1ccc(/C=C/C(=O)Nc2sc3c(c2C(N)=O)CCC3)cc1OC. The zero-order valence-corrected chi connectivity index (χ0v) is 18.3. The molecule has 0 atom stereocenters. The number of primary amides is 1. The topological polar surface area (TPSA) is 90.6 Å². The lowest BCUT2D eigenvalue weighted by molar-refractivity contribution is -0.111. The first kappa shape index (κ1) is 21.9. The fourth-order valence-electron chi connectivity index (χ4n) is 3.52. The van der Waals surface area contributed by atoms with Crippen molar-refractivity contribution in [2.24, 2.45) is 5.73 Å². The van der Waals surface area contributed by atoms with Crippen LogP contribution in [0.1, 0.15) is 59.0 Å². The van der Waals surface area contributed by atoms with Gasteiger partial charge in [-0.3, -0.25) is 9.59 Å².